The molecular weight excluding hydrogens is 429 g/mol. The average Bonchev–Trinajstić information content (AvgIpc) is 2.64. The molecule has 0 aromatic heterocycles. The van der Waals surface area contributed by atoms with Crippen molar-refractivity contribution in [2.24, 2.45) is 0 Å². The maximum Gasteiger partial charge on any atom is 0.324 e. The van der Waals surface area contributed by atoms with Crippen molar-refractivity contribution in [3.63, 3.8) is 0 Å². The second-order valence-electron chi connectivity index (χ2n) is 5.64. The highest BCUT2D eigenvalue weighted by molar-refractivity contribution is 7.98. The molecule has 0 aliphatic heterocycles. The van der Waals surface area contributed by atoms with Gasteiger partial charge in [-0.2, -0.15) is 16.5 Å². The van der Waals surface area contributed by atoms with Gasteiger partial charge in [-0.05, 0) is 60.4 Å². The quantitative estimate of drug-likeness (QED) is 0.584. The van der Waals surface area contributed by atoms with Gasteiger partial charge in [0, 0.05) is 10.0 Å². The second-order valence-corrected chi connectivity index (χ2v) is 9.22. The highest BCUT2D eigenvalue weighted by Gasteiger charge is 2.26. The van der Waals surface area contributed by atoms with Crippen LogP contribution in [0.1, 0.15) is 12.0 Å². The highest BCUT2D eigenvalue weighted by Crippen LogP contribution is 2.16. The van der Waals surface area contributed by atoms with Crippen LogP contribution in [0.2, 0.25) is 10.0 Å². The minimum atomic E-state index is -3.88. The lowest BCUT2D eigenvalue weighted by atomic mass is 10.2. The van der Waals surface area contributed by atoms with E-state index in [2.05, 4.69) is 4.72 Å². The zero-order valence-corrected chi connectivity index (χ0v) is 17.7. The average molecular weight is 448 g/mol. The Bertz CT molecular complexity index is 856. The van der Waals surface area contributed by atoms with Gasteiger partial charge in [0.05, 0.1) is 4.90 Å². The van der Waals surface area contributed by atoms with Gasteiger partial charge in [0.15, 0.2) is 0 Å². The molecule has 1 atom stereocenters. The van der Waals surface area contributed by atoms with Crippen molar-refractivity contribution in [2.75, 3.05) is 12.0 Å². The molecule has 2 aromatic rings. The van der Waals surface area contributed by atoms with Crippen LogP contribution in [0.15, 0.2) is 53.4 Å². The number of hydrogen-bond donors (Lipinski definition) is 1. The SMILES string of the molecule is CSCC[C@H](NS(=O)(=O)c1ccc(Cl)cc1)C(=O)OCc1ccc(Cl)cc1. The normalized spacial score (nSPS) is 12.6. The van der Waals surface area contributed by atoms with E-state index in [4.69, 9.17) is 27.9 Å². The van der Waals surface area contributed by atoms with E-state index < -0.39 is 22.0 Å². The van der Waals surface area contributed by atoms with Gasteiger partial charge in [0.1, 0.15) is 12.6 Å². The minimum absolute atomic E-state index is 0.0338. The van der Waals surface area contributed by atoms with E-state index in [9.17, 15) is 13.2 Å². The third-order valence-electron chi connectivity index (χ3n) is 3.61. The number of carbonyl (C=O) groups is 1. The molecule has 0 unspecified atom stereocenters. The topological polar surface area (TPSA) is 72.5 Å². The molecule has 5 nitrogen and oxygen atoms in total. The molecule has 2 aromatic carbocycles. The van der Waals surface area contributed by atoms with Crippen LogP contribution in [-0.4, -0.2) is 32.4 Å². The van der Waals surface area contributed by atoms with Gasteiger partial charge in [0.2, 0.25) is 10.0 Å². The first-order chi connectivity index (χ1) is 12.8. The Hall–Kier alpha value is -1.25. The van der Waals surface area contributed by atoms with E-state index >= 15 is 0 Å². The number of sulfonamides is 1. The molecule has 2 rings (SSSR count). The van der Waals surface area contributed by atoms with Crippen LogP contribution in [0.3, 0.4) is 0 Å². The predicted molar refractivity (Wildman–Crippen MR) is 110 cm³/mol. The molecule has 0 saturated carbocycles. The first kappa shape index (κ1) is 22.0. The van der Waals surface area contributed by atoms with Crippen molar-refractivity contribution >= 4 is 51.0 Å². The number of rotatable bonds is 9. The van der Waals surface area contributed by atoms with Crippen LogP contribution in [0.4, 0.5) is 0 Å². The summed E-state index contributed by atoms with van der Waals surface area (Å²) in [5, 5.41) is 1.01. The summed E-state index contributed by atoms with van der Waals surface area (Å²) < 4.78 is 32.8. The largest absolute Gasteiger partial charge is 0.460 e. The summed E-state index contributed by atoms with van der Waals surface area (Å²) >= 11 is 13.1. The number of halogens is 2. The van der Waals surface area contributed by atoms with Crippen LogP contribution in [0.25, 0.3) is 0 Å². The Kier molecular flexibility index (Phi) is 8.44. The number of esters is 1. The van der Waals surface area contributed by atoms with E-state index in [1.165, 1.54) is 36.0 Å². The number of hydrogen-bond acceptors (Lipinski definition) is 5. The standard InChI is InChI=1S/C18H19Cl2NO4S2/c1-26-11-10-17(18(22)25-12-13-2-4-14(19)5-3-13)21-27(23,24)16-8-6-15(20)7-9-16/h2-9,17,21H,10-12H2,1H3/t17-/m0/s1. The Morgan fingerprint density at radius 2 is 1.63 bits per heavy atom. The van der Waals surface area contributed by atoms with E-state index in [0.717, 1.165) is 5.56 Å². The number of ether oxygens (including phenoxy) is 1. The third-order valence-corrected chi connectivity index (χ3v) is 6.25. The Morgan fingerprint density at radius 1 is 1.07 bits per heavy atom. The van der Waals surface area contributed by atoms with Gasteiger partial charge in [-0.3, -0.25) is 4.79 Å². The number of carbonyl (C=O) groups excluding carboxylic acids is 1. The summed E-state index contributed by atoms with van der Waals surface area (Å²) in [7, 11) is -3.88. The first-order valence-electron chi connectivity index (χ1n) is 8.00. The molecule has 0 aliphatic carbocycles. The summed E-state index contributed by atoms with van der Waals surface area (Å²) in [6.07, 6.45) is 2.19. The van der Waals surface area contributed by atoms with Crippen LogP contribution in [0.5, 0.6) is 0 Å². The lowest BCUT2D eigenvalue weighted by molar-refractivity contribution is -0.147. The monoisotopic (exact) mass is 447 g/mol. The van der Waals surface area contributed by atoms with Gasteiger partial charge in [-0.25, -0.2) is 8.42 Å². The summed E-state index contributed by atoms with van der Waals surface area (Å²) in [4.78, 5) is 12.5. The molecule has 9 heteroatoms. The number of nitrogens with one attached hydrogen (secondary N) is 1. The highest BCUT2D eigenvalue weighted by atomic mass is 35.5. The fourth-order valence-electron chi connectivity index (χ4n) is 2.17. The molecule has 0 saturated heterocycles. The van der Waals surface area contributed by atoms with Crippen molar-refractivity contribution in [2.45, 2.75) is 24.0 Å². The van der Waals surface area contributed by atoms with E-state index in [1.54, 1.807) is 24.3 Å². The molecule has 0 spiro atoms. The maximum atomic E-state index is 12.5. The van der Waals surface area contributed by atoms with Crippen molar-refractivity contribution in [1.29, 1.82) is 0 Å². The molecule has 27 heavy (non-hydrogen) atoms. The molecule has 146 valence electrons. The molecular formula is C18H19Cl2NO4S2. The van der Waals surface area contributed by atoms with Gasteiger partial charge >= 0.3 is 5.97 Å². The molecule has 1 N–H and O–H groups in total. The molecule has 0 heterocycles. The van der Waals surface area contributed by atoms with Crippen molar-refractivity contribution in [3.8, 4) is 0 Å². The van der Waals surface area contributed by atoms with Gasteiger partial charge in [-0.1, -0.05) is 35.3 Å². The summed E-state index contributed by atoms with van der Waals surface area (Å²) in [5.41, 5.74) is 0.761. The van der Waals surface area contributed by atoms with Crippen LogP contribution < -0.4 is 4.72 Å². The third kappa shape index (κ3) is 7.01. The lowest BCUT2D eigenvalue weighted by Crippen LogP contribution is -2.42. The predicted octanol–water partition coefficient (Wildman–Crippen LogP) is 4.14. The summed E-state index contributed by atoms with van der Waals surface area (Å²) in [5.74, 6) is -0.0272. The molecule has 0 fully saturated rings. The van der Waals surface area contributed by atoms with Gasteiger partial charge in [0.25, 0.3) is 0 Å². The van der Waals surface area contributed by atoms with Gasteiger partial charge < -0.3 is 4.74 Å². The second kappa shape index (κ2) is 10.3. The Morgan fingerprint density at radius 3 is 2.19 bits per heavy atom. The fourth-order valence-corrected chi connectivity index (χ4v) is 4.11. The smallest absolute Gasteiger partial charge is 0.324 e. The number of benzene rings is 2. The number of thioether (sulfide) groups is 1. The Labute approximate surface area is 173 Å². The molecule has 0 amide bonds. The van der Waals surface area contributed by atoms with E-state index in [1.807, 2.05) is 6.26 Å². The van der Waals surface area contributed by atoms with E-state index in [0.29, 0.717) is 22.2 Å². The maximum absolute atomic E-state index is 12.5. The van der Waals surface area contributed by atoms with Crippen LogP contribution in [0, 0.1) is 0 Å². The van der Waals surface area contributed by atoms with E-state index in [-0.39, 0.29) is 11.5 Å². The first-order valence-corrected chi connectivity index (χ1v) is 11.6. The van der Waals surface area contributed by atoms with Crippen LogP contribution >= 0.6 is 35.0 Å². The molecule has 0 radical (unpaired) electrons. The van der Waals surface area contributed by atoms with Crippen molar-refractivity contribution in [1.82, 2.24) is 4.72 Å². The van der Waals surface area contributed by atoms with Crippen molar-refractivity contribution in [3.05, 3.63) is 64.1 Å². The minimum Gasteiger partial charge on any atom is -0.460 e. The zero-order valence-electron chi connectivity index (χ0n) is 14.5. The molecule has 0 bridgehead atoms. The zero-order chi connectivity index (χ0) is 19.9. The molecule has 0 aliphatic rings. The fraction of sp³-hybridized carbons (Fsp3) is 0.278. The van der Waals surface area contributed by atoms with Gasteiger partial charge in [-0.15, -0.1) is 0 Å². The lowest BCUT2D eigenvalue weighted by Gasteiger charge is -2.17. The summed E-state index contributed by atoms with van der Waals surface area (Å²) in [6, 6.07) is 11.6. The Balaban J connectivity index is 2.07. The van der Waals surface area contributed by atoms with Crippen molar-refractivity contribution < 1.29 is 17.9 Å². The van der Waals surface area contributed by atoms with Crippen LogP contribution in [-0.2, 0) is 26.2 Å². The summed E-state index contributed by atoms with van der Waals surface area (Å²) in [6.45, 7) is 0.0362.